The van der Waals surface area contributed by atoms with Crippen molar-refractivity contribution in [2.24, 2.45) is 7.05 Å². The molecule has 0 radical (unpaired) electrons. The number of aromatic nitrogens is 2. The van der Waals surface area contributed by atoms with Crippen molar-refractivity contribution in [1.82, 2.24) is 9.78 Å². The number of ether oxygens (including phenoxy) is 3. The van der Waals surface area contributed by atoms with E-state index in [9.17, 15) is 5.11 Å². The van der Waals surface area contributed by atoms with Crippen LogP contribution in [0.15, 0.2) is 18.3 Å². The average Bonchev–Trinajstić information content (AvgIpc) is 3.03. The first kappa shape index (κ1) is 13.1. The van der Waals surface area contributed by atoms with E-state index in [1.807, 2.05) is 0 Å². The highest BCUT2D eigenvalue weighted by Gasteiger charge is 2.25. The summed E-state index contributed by atoms with van der Waals surface area (Å²) >= 11 is 6.05. The van der Waals surface area contributed by atoms with Crippen LogP contribution in [0.2, 0.25) is 5.02 Å². The topological polar surface area (TPSA) is 65.7 Å². The van der Waals surface area contributed by atoms with Gasteiger partial charge in [0.05, 0.1) is 24.0 Å². The highest BCUT2D eigenvalue weighted by atomic mass is 35.5. The second-order valence-electron chi connectivity index (χ2n) is 4.36. The smallest absolute Gasteiger partial charge is 0.231 e. The Kier molecular flexibility index (Phi) is 3.19. The standard InChI is InChI=1S/C13H13ClN2O4/c1-16-11(8(14)5-15-16)12(17)7-3-9(18-2)13-10(4-7)19-6-20-13/h3-5,12,17H,6H2,1-2H3. The van der Waals surface area contributed by atoms with E-state index < -0.39 is 6.10 Å². The van der Waals surface area contributed by atoms with Gasteiger partial charge >= 0.3 is 0 Å². The van der Waals surface area contributed by atoms with Crippen molar-refractivity contribution in [2.45, 2.75) is 6.10 Å². The molecule has 2 aromatic rings. The number of aliphatic hydroxyl groups excluding tert-OH is 1. The molecule has 1 aromatic carbocycles. The molecule has 2 heterocycles. The molecule has 1 aromatic heterocycles. The van der Waals surface area contributed by atoms with Gasteiger partial charge in [-0.2, -0.15) is 5.10 Å². The van der Waals surface area contributed by atoms with E-state index in [0.29, 0.717) is 33.5 Å². The van der Waals surface area contributed by atoms with E-state index in [1.165, 1.54) is 18.0 Å². The molecule has 0 bridgehead atoms. The minimum Gasteiger partial charge on any atom is -0.493 e. The van der Waals surface area contributed by atoms with E-state index in [0.717, 1.165) is 0 Å². The third-order valence-electron chi connectivity index (χ3n) is 3.19. The monoisotopic (exact) mass is 296 g/mol. The van der Waals surface area contributed by atoms with Crippen molar-refractivity contribution in [1.29, 1.82) is 0 Å². The van der Waals surface area contributed by atoms with Gasteiger partial charge in [-0.1, -0.05) is 11.6 Å². The Balaban J connectivity index is 2.07. The van der Waals surface area contributed by atoms with Crippen LogP contribution in [0, 0.1) is 0 Å². The number of methoxy groups -OCH3 is 1. The van der Waals surface area contributed by atoms with Crippen molar-refractivity contribution < 1.29 is 19.3 Å². The lowest BCUT2D eigenvalue weighted by Gasteiger charge is -2.14. The lowest BCUT2D eigenvalue weighted by atomic mass is 10.1. The molecular formula is C13H13ClN2O4. The number of halogens is 1. The number of benzene rings is 1. The molecule has 0 fully saturated rings. The molecule has 0 saturated carbocycles. The normalized spacial score (nSPS) is 14.4. The zero-order valence-electron chi connectivity index (χ0n) is 11.0. The molecule has 0 amide bonds. The largest absolute Gasteiger partial charge is 0.493 e. The van der Waals surface area contributed by atoms with Crippen LogP contribution in [0.25, 0.3) is 0 Å². The summed E-state index contributed by atoms with van der Waals surface area (Å²) in [5, 5.41) is 14.9. The minimum absolute atomic E-state index is 0.137. The Bertz CT molecular complexity index is 637. The molecule has 1 aliphatic rings. The first-order valence-electron chi connectivity index (χ1n) is 5.94. The predicted octanol–water partition coefficient (Wildman–Crippen LogP) is 1.89. The lowest BCUT2D eigenvalue weighted by Crippen LogP contribution is -2.07. The van der Waals surface area contributed by atoms with Crippen molar-refractivity contribution >= 4 is 11.6 Å². The van der Waals surface area contributed by atoms with Gasteiger partial charge in [-0.3, -0.25) is 4.68 Å². The van der Waals surface area contributed by atoms with Gasteiger partial charge in [-0.15, -0.1) is 0 Å². The van der Waals surface area contributed by atoms with Gasteiger partial charge in [0.2, 0.25) is 12.5 Å². The van der Waals surface area contributed by atoms with Gasteiger partial charge in [-0.25, -0.2) is 0 Å². The maximum absolute atomic E-state index is 10.5. The van der Waals surface area contributed by atoms with Crippen LogP contribution in [0.4, 0.5) is 0 Å². The molecule has 6 nitrogen and oxygen atoms in total. The van der Waals surface area contributed by atoms with Crippen LogP contribution in [0.5, 0.6) is 17.2 Å². The summed E-state index contributed by atoms with van der Waals surface area (Å²) in [6.45, 7) is 0.137. The third kappa shape index (κ3) is 1.97. The Labute approximate surface area is 120 Å². The molecule has 106 valence electrons. The molecular weight excluding hydrogens is 284 g/mol. The van der Waals surface area contributed by atoms with Crippen molar-refractivity contribution in [2.75, 3.05) is 13.9 Å². The number of fused-ring (bicyclic) bond motifs is 1. The second kappa shape index (κ2) is 4.88. The van der Waals surface area contributed by atoms with Crippen LogP contribution < -0.4 is 14.2 Å². The van der Waals surface area contributed by atoms with E-state index in [-0.39, 0.29) is 6.79 Å². The molecule has 1 unspecified atom stereocenters. The average molecular weight is 297 g/mol. The molecule has 1 N–H and O–H groups in total. The zero-order valence-corrected chi connectivity index (χ0v) is 11.7. The van der Waals surface area contributed by atoms with E-state index in [1.54, 1.807) is 19.2 Å². The molecule has 0 spiro atoms. The zero-order chi connectivity index (χ0) is 14.3. The van der Waals surface area contributed by atoms with Crippen LogP contribution in [0.1, 0.15) is 17.4 Å². The summed E-state index contributed by atoms with van der Waals surface area (Å²) < 4.78 is 17.4. The van der Waals surface area contributed by atoms with Crippen molar-refractivity contribution in [3.63, 3.8) is 0 Å². The van der Waals surface area contributed by atoms with Gasteiger partial charge in [0, 0.05) is 7.05 Å². The van der Waals surface area contributed by atoms with Gasteiger partial charge in [-0.05, 0) is 17.7 Å². The van der Waals surface area contributed by atoms with Crippen LogP contribution in [-0.2, 0) is 7.05 Å². The Morgan fingerprint density at radius 2 is 2.25 bits per heavy atom. The maximum atomic E-state index is 10.5. The van der Waals surface area contributed by atoms with E-state index >= 15 is 0 Å². The van der Waals surface area contributed by atoms with E-state index in [4.69, 9.17) is 25.8 Å². The molecule has 3 rings (SSSR count). The molecule has 0 aliphatic carbocycles. The lowest BCUT2D eigenvalue weighted by molar-refractivity contribution is 0.171. The summed E-state index contributed by atoms with van der Waals surface area (Å²) in [6, 6.07) is 3.40. The number of hydrogen-bond acceptors (Lipinski definition) is 5. The number of rotatable bonds is 3. The van der Waals surface area contributed by atoms with Gasteiger partial charge in [0.1, 0.15) is 6.10 Å². The van der Waals surface area contributed by atoms with Crippen molar-refractivity contribution in [3.8, 4) is 17.2 Å². The summed E-state index contributed by atoms with van der Waals surface area (Å²) in [7, 11) is 3.25. The Hall–Kier alpha value is -1.92. The predicted molar refractivity (Wildman–Crippen MR) is 71.4 cm³/mol. The second-order valence-corrected chi connectivity index (χ2v) is 4.77. The summed E-state index contributed by atoms with van der Waals surface area (Å²) in [6.07, 6.45) is 0.558. The molecule has 1 aliphatic heterocycles. The van der Waals surface area contributed by atoms with Gasteiger partial charge < -0.3 is 19.3 Å². The first-order valence-corrected chi connectivity index (χ1v) is 6.32. The Morgan fingerprint density at radius 1 is 1.45 bits per heavy atom. The fraction of sp³-hybridized carbons (Fsp3) is 0.308. The van der Waals surface area contributed by atoms with Crippen LogP contribution in [-0.4, -0.2) is 28.8 Å². The molecule has 7 heteroatoms. The quantitative estimate of drug-likeness (QED) is 0.937. The first-order chi connectivity index (χ1) is 9.61. The number of aliphatic hydroxyl groups is 1. The van der Waals surface area contributed by atoms with Crippen molar-refractivity contribution in [3.05, 3.63) is 34.6 Å². The minimum atomic E-state index is -0.932. The molecule has 0 saturated heterocycles. The summed E-state index contributed by atoms with van der Waals surface area (Å²) in [5.74, 6) is 1.59. The van der Waals surface area contributed by atoms with Gasteiger partial charge in [0.25, 0.3) is 0 Å². The molecule has 1 atom stereocenters. The number of aryl methyl sites for hydroxylation is 1. The van der Waals surface area contributed by atoms with Crippen LogP contribution in [0.3, 0.4) is 0 Å². The number of nitrogens with zero attached hydrogens (tertiary/aromatic N) is 2. The molecule has 20 heavy (non-hydrogen) atoms. The highest BCUT2D eigenvalue weighted by molar-refractivity contribution is 6.31. The maximum Gasteiger partial charge on any atom is 0.231 e. The van der Waals surface area contributed by atoms with E-state index in [2.05, 4.69) is 5.10 Å². The summed E-state index contributed by atoms with van der Waals surface area (Å²) in [4.78, 5) is 0. The number of hydrogen-bond donors (Lipinski definition) is 1. The Morgan fingerprint density at radius 3 is 2.90 bits per heavy atom. The third-order valence-corrected chi connectivity index (χ3v) is 3.48. The van der Waals surface area contributed by atoms with Gasteiger partial charge in [0.15, 0.2) is 11.5 Å². The fourth-order valence-electron chi connectivity index (χ4n) is 2.19. The fourth-order valence-corrected chi connectivity index (χ4v) is 2.46. The van der Waals surface area contributed by atoms with Crippen LogP contribution >= 0.6 is 11.6 Å². The SMILES string of the molecule is COc1cc(C(O)c2c(Cl)cnn2C)cc2c1OCO2. The summed E-state index contributed by atoms with van der Waals surface area (Å²) in [5.41, 5.74) is 1.10. The highest BCUT2D eigenvalue weighted by Crippen LogP contribution is 2.44.